The number of rotatable bonds is 0. The van der Waals surface area contributed by atoms with Gasteiger partial charge in [0, 0.05) is 18.5 Å². The Balaban J connectivity index is 1.88. The van der Waals surface area contributed by atoms with Crippen molar-refractivity contribution in [1.29, 1.82) is 0 Å². The van der Waals surface area contributed by atoms with Crippen LogP contribution in [-0.2, 0) is 4.74 Å². The number of ether oxygens (including phenoxy) is 1. The van der Waals surface area contributed by atoms with Crippen LogP contribution in [0.15, 0.2) is 0 Å². The van der Waals surface area contributed by atoms with Gasteiger partial charge < -0.3 is 15.4 Å². The molecule has 68 valence electrons. The van der Waals surface area contributed by atoms with E-state index in [0.717, 1.165) is 26.3 Å². The molecular weight excluding hydrogens is 172 g/mol. The van der Waals surface area contributed by atoms with Gasteiger partial charge in [0.25, 0.3) is 0 Å². The monoisotopic (exact) mass is 186 g/mol. The van der Waals surface area contributed by atoms with Crippen molar-refractivity contribution in [3.05, 3.63) is 0 Å². The molecule has 2 aliphatic rings. The lowest BCUT2D eigenvalue weighted by atomic mass is 9.77. The van der Waals surface area contributed by atoms with E-state index >= 15 is 0 Å². The van der Waals surface area contributed by atoms with E-state index in [2.05, 4.69) is 4.90 Å². The Bertz CT molecular complexity index is 193. The third-order valence-electron chi connectivity index (χ3n) is 2.95. The zero-order valence-corrected chi connectivity index (χ0v) is 7.90. The van der Waals surface area contributed by atoms with Crippen LogP contribution >= 0.6 is 12.2 Å². The van der Waals surface area contributed by atoms with Gasteiger partial charge in [-0.15, -0.1) is 0 Å². The molecule has 12 heavy (non-hydrogen) atoms. The number of nitrogens with two attached hydrogens (primary N) is 1. The molecule has 2 N–H and O–H groups in total. The van der Waals surface area contributed by atoms with Crippen LogP contribution in [-0.4, -0.2) is 36.3 Å². The molecule has 3 nitrogen and oxygen atoms in total. The van der Waals surface area contributed by atoms with Crippen LogP contribution in [0, 0.1) is 5.41 Å². The van der Waals surface area contributed by atoms with Crippen LogP contribution in [0.3, 0.4) is 0 Å². The minimum atomic E-state index is 0.487. The highest BCUT2D eigenvalue weighted by Gasteiger charge is 2.41. The van der Waals surface area contributed by atoms with E-state index in [4.69, 9.17) is 22.7 Å². The number of thiocarbonyl (C=S) groups is 1. The summed E-state index contributed by atoms with van der Waals surface area (Å²) in [4.78, 5) is 2.08. The topological polar surface area (TPSA) is 38.5 Å². The fourth-order valence-electron chi connectivity index (χ4n) is 1.88. The molecule has 2 aliphatic heterocycles. The molecule has 0 aromatic rings. The zero-order chi connectivity index (χ0) is 8.60. The molecular formula is C8H14N2OS. The third-order valence-corrected chi connectivity index (χ3v) is 3.21. The molecule has 0 unspecified atom stereocenters. The number of hydrogen-bond donors (Lipinski definition) is 1. The normalized spacial score (nSPS) is 26.8. The predicted octanol–water partition coefficient (Wildman–Crippen LogP) is 0.342. The molecule has 0 amide bonds. The van der Waals surface area contributed by atoms with Crippen LogP contribution in [0.5, 0.6) is 0 Å². The van der Waals surface area contributed by atoms with Gasteiger partial charge in [-0.05, 0) is 25.1 Å². The van der Waals surface area contributed by atoms with Gasteiger partial charge >= 0.3 is 0 Å². The SMILES string of the molecule is NC(=S)N1CCC2(CC1)COC2. The first kappa shape index (κ1) is 8.26. The lowest BCUT2D eigenvalue weighted by Gasteiger charge is -2.47. The van der Waals surface area contributed by atoms with E-state index in [0.29, 0.717) is 10.5 Å². The van der Waals surface area contributed by atoms with Gasteiger partial charge in [-0.1, -0.05) is 0 Å². The van der Waals surface area contributed by atoms with Crippen molar-refractivity contribution in [2.45, 2.75) is 12.8 Å². The maximum atomic E-state index is 5.54. The fraction of sp³-hybridized carbons (Fsp3) is 0.875. The van der Waals surface area contributed by atoms with Crippen LogP contribution in [0.2, 0.25) is 0 Å². The Hall–Kier alpha value is -0.350. The lowest BCUT2D eigenvalue weighted by Crippen LogP contribution is -2.52. The second kappa shape index (κ2) is 2.85. The van der Waals surface area contributed by atoms with Crippen molar-refractivity contribution in [3.63, 3.8) is 0 Å². The van der Waals surface area contributed by atoms with Gasteiger partial charge in [0.05, 0.1) is 13.2 Å². The molecule has 0 atom stereocenters. The van der Waals surface area contributed by atoms with E-state index in [1.165, 1.54) is 12.8 Å². The maximum Gasteiger partial charge on any atom is 0.166 e. The van der Waals surface area contributed by atoms with E-state index in [1.807, 2.05) is 0 Å². The molecule has 0 aromatic carbocycles. The summed E-state index contributed by atoms with van der Waals surface area (Å²) in [5.74, 6) is 0. The van der Waals surface area contributed by atoms with Crippen molar-refractivity contribution in [3.8, 4) is 0 Å². The summed E-state index contributed by atoms with van der Waals surface area (Å²) in [6, 6.07) is 0. The summed E-state index contributed by atoms with van der Waals surface area (Å²) in [6.45, 7) is 3.91. The van der Waals surface area contributed by atoms with Crippen molar-refractivity contribution < 1.29 is 4.74 Å². The Morgan fingerprint density at radius 2 is 1.92 bits per heavy atom. The second-order valence-corrected chi connectivity index (χ2v) is 4.24. The quantitative estimate of drug-likeness (QED) is 0.554. The van der Waals surface area contributed by atoms with Crippen LogP contribution < -0.4 is 5.73 Å². The lowest BCUT2D eigenvalue weighted by molar-refractivity contribution is -0.134. The number of likely N-dealkylation sites (tertiary alicyclic amines) is 1. The molecule has 2 rings (SSSR count). The van der Waals surface area contributed by atoms with Crippen molar-refractivity contribution >= 4 is 17.3 Å². The second-order valence-electron chi connectivity index (χ2n) is 3.82. The van der Waals surface area contributed by atoms with Crippen molar-refractivity contribution in [2.24, 2.45) is 11.1 Å². The molecule has 0 bridgehead atoms. The number of nitrogens with zero attached hydrogens (tertiary/aromatic N) is 1. The first-order valence-corrected chi connectivity index (χ1v) is 4.75. The molecule has 0 aromatic heterocycles. The van der Waals surface area contributed by atoms with Crippen LogP contribution in [0.25, 0.3) is 0 Å². The summed E-state index contributed by atoms with van der Waals surface area (Å²) in [5.41, 5.74) is 6.03. The van der Waals surface area contributed by atoms with E-state index in [-0.39, 0.29) is 0 Å². The average Bonchev–Trinajstić information content (AvgIpc) is 2.02. The minimum Gasteiger partial charge on any atom is -0.380 e. The predicted molar refractivity (Wildman–Crippen MR) is 50.8 cm³/mol. The molecule has 0 saturated carbocycles. The largest absolute Gasteiger partial charge is 0.380 e. The van der Waals surface area contributed by atoms with Gasteiger partial charge in [0.15, 0.2) is 5.11 Å². The molecule has 0 radical (unpaired) electrons. The molecule has 0 aliphatic carbocycles. The van der Waals surface area contributed by atoms with E-state index < -0.39 is 0 Å². The van der Waals surface area contributed by atoms with E-state index in [1.54, 1.807) is 0 Å². The summed E-state index contributed by atoms with van der Waals surface area (Å²) < 4.78 is 5.23. The van der Waals surface area contributed by atoms with Gasteiger partial charge in [-0.2, -0.15) is 0 Å². The Kier molecular flexibility index (Phi) is 1.96. The first-order chi connectivity index (χ1) is 5.72. The van der Waals surface area contributed by atoms with Gasteiger partial charge in [0.1, 0.15) is 0 Å². The molecule has 2 heterocycles. The average molecular weight is 186 g/mol. The van der Waals surface area contributed by atoms with Crippen molar-refractivity contribution in [2.75, 3.05) is 26.3 Å². The smallest absolute Gasteiger partial charge is 0.166 e. The van der Waals surface area contributed by atoms with Gasteiger partial charge in [0.2, 0.25) is 0 Å². The molecule has 1 spiro atoms. The highest BCUT2D eigenvalue weighted by Crippen LogP contribution is 2.38. The highest BCUT2D eigenvalue weighted by molar-refractivity contribution is 7.80. The van der Waals surface area contributed by atoms with Crippen LogP contribution in [0.1, 0.15) is 12.8 Å². The summed E-state index contributed by atoms with van der Waals surface area (Å²) in [7, 11) is 0. The summed E-state index contributed by atoms with van der Waals surface area (Å²) in [5, 5.41) is 0.546. The van der Waals surface area contributed by atoms with Gasteiger partial charge in [-0.3, -0.25) is 0 Å². The fourth-order valence-corrected chi connectivity index (χ4v) is 2.06. The number of hydrogen-bond acceptors (Lipinski definition) is 2. The Morgan fingerprint density at radius 3 is 2.25 bits per heavy atom. The first-order valence-electron chi connectivity index (χ1n) is 4.34. The Morgan fingerprint density at radius 1 is 1.33 bits per heavy atom. The van der Waals surface area contributed by atoms with E-state index in [9.17, 15) is 0 Å². The standard InChI is InChI=1S/C8H14N2OS/c9-7(12)10-3-1-8(2-4-10)5-11-6-8/h1-6H2,(H2,9,12). The van der Waals surface area contributed by atoms with Crippen molar-refractivity contribution in [1.82, 2.24) is 4.90 Å². The zero-order valence-electron chi connectivity index (χ0n) is 7.08. The molecule has 4 heteroatoms. The number of piperidine rings is 1. The summed E-state index contributed by atoms with van der Waals surface area (Å²) in [6.07, 6.45) is 2.37. The maximum absolute atomic E-state index is 5.54. The van der Waals surface area contributed by atoms with Crippen LogP contribution in [0.4, 0.5) is 0 Å². The minimum absolute atomic E-state index is 0.487. The third kappa shape index (κ3) is 1.29. The Labute approximate surface area is 77.9 Å². The molecule has 2 saturated heterocycles. The molecule has 2 fully saturated rings. The summed E-state index contributed by atoms with van der Waals surface area (Å²) >= 11 is 4.92. The highest BCUT2D eigenvalue weighted by atomic mass is 32.1. The van der Waals surface area contributed by atoms with Gasteiger partial charge in [-0.25, -0.2) is 0 Å².